The Bertz CT molecular complexity index is 812. The normalized spacial score (nSPS) is 12.1. The molecule has 0 aliphatic heterocycles. The average Bonchev–Trinajstić information content (AvgIpc) is 3.25. The summed E-state index contributed by atoms with van der Waals surface area (Å²) in [4.78, 5) is 20.9. The van der Waals surface area contributed by atoms with E-state index in [1.165, 1.54) is 11.3 Å². The fourth-order valence-electron chi connectivity index (χ4n) is 2.27. The summed E-state index contributed by atoms with van der Waals surface area (Å²) < 4.78 is 0. The average molecular weight is 358 g/mol. The van der Waals surface area contributed by atoms with E-state index in [9.17, 15) is 4.79 Å². The lowest BCUT2D eigenvalue weighted by Gasteiger charge is -2.08. The van der Waals surface area contributed by atoms with Crippen LogP contribution in [0.15, 0.2) is 41.2 Å². The van der Waals surface area contributed by atoms with E-state index in [2.05, 4.69) is 15.3 Å². The summed E-state index contributed by atoms with van der Waals surface area (Å²) >= 11 is 3.08. The van der Waals surface area contributed by atoms with Gasteiger partial charge in [0.1, 0.15) is 10.0 Å². The highest BCUT2D eigenvalue weighted by Gasteiger charge is 2.11. The number of thiazole rings is 2. The molecule has 124 valence electrons. The van der Waals surface area contributed by atoms with Gasteiger partial charge in [-0.05, 0) is 12.5 Å². The molecule has 1 aromatic carbocycles. The van der Waals surface area contributed by atoms with Crippen LogP contribution in [0.25, 0.3) is 10.6 Å². The van der Waals surface area contributed by atoms with Gasteiger partial charge >= 0.3 is 0 Å². The Morgan fingerprint density at radius 3 is 2.88 bits per heavy atom. The van der Waals surface area contributed by atoms with Crippen molar-refractivity contribution in [3.05, 3.63) is 57.5 Å². The molecule has 0 fully saturated rings. The number of benzene rings is 1. The highest BCUT2D eigenvalue weighted by Crippen LogP contribution is 2.25. The zero-order chi connectivity index (χ0) is 16.9. The van der Waals surface area contributed by atoms with Gasteiger partial charge in [-0.15, -0.1) is 22.7 Å². The van der Waals surface area contributed by atoms with Crippen molar-refractivity contribution in [2.24, 2.45) is 5.73 Å². The van der Waals surface area contributed by atoms with Crippen LogP contribution >= 0.6 is 22.7 Å². The van der Waals surface area contributed by atoms with Gasteiger partial charge in [-0.25, -0.2) is 9.97 Å². The number of amides is 1. The van der Waals surface area contributed by atoms with E-state index in [1.807, 2.05) is 41.9 Å². The number of rotatable bonds is 6. The highest BCUT2D eigenvalue weighted by molar-refractivity contribution is 7.13. The molecule has 7 heteroatoms. The second-order valence-corrected chi connectivity index (χ2v) is 7.20. The molecule has 0 aliphatic rings. The number of nitrogens with one attached hydrogen (secondary N) is 1. The molecular weight excluding hydrogens is 340 g/mol. The van der Waals surface area contributed by atoms with Crippen LogP contribution in [0.5, 0.6) is 0 Å². The number of nitrogens with two attached hydrogens (primary N) is 1. The molecule has 2 aromatic heterocycles. The van der Waals surface area contributed by atoms with Gasteiger partial charge in [0.05, 0.1) is 18.2 Å². The molecule has 1 atom stereocenters. The molecule has 0 spiro atoms. The summed E-state index contributed by atoms with van der Waals surface area (Å²) in [6, 6.07) is 7.88. The Labute approximate surface area is 148 Å². The van der Waals surface area contributed by atoms with E-state index in [1.54, 1.807) is 17.5 Å². The van der Waals surface area contributed by atoms with Gasteiger partial charge in [-0.3, -0.25) is 4.79 Å². The number of aromatic nitrogens is 2. The molecule has 3 aromatic rings. The van der Waals surface area contributed by atoms with Crippen LogP contribution in [-0.2, 0) is 17.8 Å². The number of nitrogens with zero attached hydrogens (tertiary/aromatic N) is 2. The van der Waals surface area contributed by atoms with Crippen molar-refractivity contribution < 1.29 is 4.79 Å². The maximum atomic E-state index is 12.2. The topological polar surface area (TPSA) is 80.9 Å². The predicted molar refractivity (Wildman–Crippen MR) is 97.8 cm³/mol. The van der Waals surface area contributed by atoms with E-state index in [0.29, 0.717) is 6.54 Å². The maximum Gasteiger partial charge on any atom is 0.226 e. The second-order valence-electron chi connectivity index (χ2n) is 5.41. The second kappa shape index (κ2) is 7.65. The molecule has 0 radical (unpaired) electrons. The van der Waals surface area contributed by atoms with Crippen LogP contribution < -0.4 is 11.1 Å². The fourth-order valence-corrected chi connectivity index (χ4v) is 3.75. The van der Waals surface area contributed by atoms with E-state index in [0.717, 1.165) is 26.8 Å². The molecule has 24 heavy (non-hydrogen) atoms. The Morgan fingerprint density at radius 2 is 2.17 bits per heavy atom. The Kier molecular flexibility index (Phi) is 5.34. The predicted octanol–water partition coefficient (Wildman–Crippen LogP) is 3.15. The van der Waals surface area contributed by atoms with E-state index in [-0.39, 0.29) is 18.4 Å². The molecule has 3 rings (SSSR count). The maximum absolute atomic E-state index is 12.2. The van der Waals surface area contributed by atoms with Crippen molar-refractivity contribution in [3.8, 4) is 10.6 Å². The van der Waals surface area contributed by atoms with Crippen LogP contribution in [0.4, 0.5) is 0 Å². The zero-order valence-corrected chi connectivity index (χ0v) is 14.9. The van der Waals surface area contributed by atoms with Crippen molar-refractivity contribution in [1.82, 2.24) is 15.3 Å². The van der Waals surface area contributed by atoms with Gasteiger partial charge in [0.15, 0.2) is 0 Å². The molecule has 1 unspecified atom stereocenters. The molecule has 1 amide bonds. The Hall–Kier alpha value is -2.09. The first kappa shape index (κ1) is 16.8. The molecular formula is C17H18N4OS2. The molecule has 2 heterocycles. The van der Waals surface area contributed by atoms with Crippen LogP contribution in [0, 0.1) is 0 Å². The molecule has 0 aliphatic carbocycles. The van der Waals surface area contributed by atoms with Crippen molar-refractivity contribution in [2.75, 3.05) is 0 Å². The standard InChI is InChI=1S/C17H18N4OS2/c1-11(18)16-21-13(10-24-16)8-15(22)20-9-12-4-2-3-5-14(12)17-19-6-7-23-17/h2-7,10-11H,8-9,18H2,1H3,(H,20,22). The molecule has 5 nitrogen and oxygen atoms in total. The van der Waals surface area contributed by atoms with Crippen molar-refractivity contribution >= 4 is 28.6 Å². The monoisotopic (exact) mass is 358 g/mol. The number of carbonyl (C=O) groups is 1. The Morgan fingerprint density at radius 1 is 1.33 bits per heavy atom. The van der Waals surface area contributed by atoms with E-state index < -0.39 is 0 Å². The van der Waals surface area contributed by atoms with Crippen LogP contribution in [0.3, 0.4) is 0 Å². The Balaban J connectivity index is 1.62. The summed E-state index contributed by atoms with van der Waals surface area (Å²) in [6.45, 7) is 2.36. The third-order valence-electron chi connectivity index (χ3n) is 3.46. The first-order chi connectivity index (χ1) is 11.6. The SMILES string of the molecule is CC(N)c1nc(CC(=O)NCc2ccccc2-c2nccs2)cs1. The first-order valence-electron chi connectivity index (χ1n) is 7.58. The van der Waals surface area contributed by atoms with Gasteiger partial charge in [-0.1, -0.05) is 24.3 Å². The third-order valence-corrected chi connectivity index (χ3v) is 5.36. The van der Waals surface area contributed by atoms with Gasteiger partial charge in [0.2, 0.25) is 5.91 Å². The minimum atomic E-state index is -0.100. The summed E-state index contributed by atoms with van der Waals surface area (Å²) in [7, 11) is 0. The number of hydrogen-bond donors (Lipinski definition) is 2. The van der Waals surface area contributed by atoms with Gasteiger partial charge in [0, 0.05) is 29.1 Å². The summed E-state index contributed by atoms with van der Waals surface area (Å²) in [5.41, 5.74) is 8.67. The minimum Gasteiger partial charge on any atom is -0.352 e. The number of hydrogen-bond acceptors (Lipinski definition) is 6. The van der Waals surface area contributed by atoms with Crippen LogP contribution in [-0.4, -0.2) is 15.9 Å². The molecule has 0 saturated heterocycles. The van der Waals surface area contributed by atoms with Gasteiger partial charge < -0.3 is 11.1 Å². The van der Waals surface area contributed by atoms with Crippen LogP contribution in [0.1, 0.15) is 29.2 Å². The first-order valence-corrected chi connectivity index (χ1v) is 9.34. The molecule has 3 N–H and O–H groups in total. The lowest BCUT2D eigenvalue weighted by Crippen LogP contribution is -2.25. The minimum absolute atomic E-state index is 0.0505. The summed E-state index contributed by atoms with van der Waals surface area (Å²) in [6.07, 6.45) is 2.05. The zero-order valence-electron chi connectivity index (χ0n) is 13.2. The molecule has 0 bridgehead atoms. The van der Waals surface area contributed by atoms with E-state index >= 15 is 0 Å². The summed E-state index contributed by atoms with van der Waals surface area (Å²) in [5.74, 6) is -0.0505. The molecule has 0 saturated carbocycles. The highest BCUT2D eigenvalue weighted by atomic mass is 32.1. The van der Waals surface area contributed by atoms with Crippen molar-refractivity contribution in [1.29, 1.82) is 0 Å². The lowest BCUT2D eigenvalue weighted by molar-refractivity contribution is -0.120. The summed E-state index contributed by atoms with van der Waals surface area (Å²) in [5, 5.41) is 8.61. The van der Waals surface area contributed by atoms with Crippen molar-refractivity contribution in [3.63, 3.8) is 0 Å². The third kappa shape index (κ3) is 4.05. The van der Waals surface area contributed by atoms with Crippen LogP contribution in [0.2, 0.25) is 0 Å². The lowest BCUT2D eigenvalue weighted by atomic mass is 10.1. The largest absolute Gasteiger partial charge is 0.352 e. The van der Waals surface area contributed by atoms with Crippen molar-refractivity contribution in [2.45, 2.75) is 25.9 Å². The van der Waals surface area contributed by atoms with Gasteiger partial charge in [0.25, 0.3) is 0 Å². The smallest absolute Gasteiger partial charge is 0.226 e. The number of carbonyl (C=O) groups excluding carboxylic acids is 1. The van der Waals surface area contributed by atoms with Gasteiger partial charge in [-0.2, -0.15) is 0 Å². The quantitative estimate of drug-likeness (QED) is 0.709. The van der Waals surface area contributed by atoms with E-state index in [4.69, 9.17) is 5.73 Å². The fraction of sp³-hybridized carbons (Fsp3) is 0.235.